The average Bonchev–Trinajstić information content (AvgIpc) is 2.69. The predicted molar refractivity (Wildman–Crippen MR) is 68.4 cm³/mol. The molecule has 0 saturated carbocycles. The molecular formula is C11H19N3O3S. The van der Waals surface area contributed by atoms with Gasteiger partial charge in [-0.05, 0) is 27.2 Å². The van der Waals surface area contributed by atoms with Gasteiger partial charge in [0.15, 0.2) is 0 Å². The van der Waals surface area contributed by atoms with E-state index in [1.807, 2.05) is 0 Å². The minimum Gasteiger partial charge on any atom is -0.444 e. The molecule has 0 unspecified atom stereocenters. The van der Waals surface area contributed by atoms with E-state index in [-0.39, 0.29) is 6.54 Å². The number of hydrogen-bond acceptors (Lipinski definition) is 6. The molecule has 7 heteroatoms. The van der Waals surface area contributed by atoms with Gasteiger partial charge in [0, 0.05) is 5.75 Å². The minimum atomic E-state index is -0.513. The molecule has 0 fully saturated rings. The number of alkyl carbamates (subject to hydrolysis) is 1. The summed E-state index contributed by atoms with van der Waals surface area (Å²) < 4.78 is 10.4. The van der Waals surface area contributed by atoms with Crippen LogP contribution in [0.3, 0.4) is 0 Å². The van der Waals surface area contributed by atoms with Crippen LogP contribution in [0.4, 0.5) is 4.79 Å². The molecule has 0 atom stereocenters. The molecule has 0 aromatic carbocycles. The average molecular weight is 273 g/mol. The van der Waals surface area contributed by atoms with Gasteiger partial charge in [0.1, 0.15) is 5.60 Å². The first kappa shape index (κ1) is 14.8. The number of ether oxygens (including phenoxy) is 1. The number of aromatic nitrogens is 2. The Kier molecular flexibility index (Phi) is 5.46. The Morgan fingerprint density at radius 1 is 1.44 bits per heavy atom. The molecular weight excluding hydrogens is 254 g/mol. The molecule has 0 bridgehead atoms. The van der Waals surface area contributed by atoms with Crippen molar-refractivity contribution in [1.82, 2.24) is 15.5 Å². The van der Waals surface area contributed by atoms with Crippen molar-refractivity contribution in [2.75, 3.05) is 5.75 Å². The van der Waals surface area contributed by atoms with Gasteiger partial charge in [-0.1, -0.05) is 18.7 Å². The summed E-state index contributed by atoms with van der Waals surface area (Å²) >= 11 is 1.50. The van der Waals surface area contributed by atoms with Crippen molar-refractivity contribution in [3.05, 3.63) is 5.89 Å². The first-order chi connectivity index (χ1) is 8.40. The lowest BCUT2D eigenvalue weighted by Crippen LogP contribution is -2.32. The summed E-state index contributed by atoms with van der Waals surface area (Å²) in [6, 6.07) is 0. The molecule has 1 amide bonds. The number of hydrogen-bond donors (Lipinski definition) is 1. The standard InChI is InChI=1S/C11H19N3O3S/c1-5-6-18-10-14-13-8(16-10)7-12-9(15)17-11(2,3)4/h5-7H2,1-4H3,(H,12,15). The van der Waals surface area contributed by atoms with E-state index in [4.69, 9.17) is 9.15 Å². The van der Waals surface area contributed by atoms with Gasteiger partial charge in [0.05, 0.1) is 6.54 Å². The van der Waals surface area contributed by atoms with Crippen LogP contribution in [0.5, 0.6) is 0 Å². The lowest BCUT2D eigenvalue weighted by atomic mass is 10.2. The lowest BCUT2D eigenvalue weighted by molar-refractivity contribution is 0.0518. The highest BCUT2D eigenvalue weighted by atomic mass is 32.2. The van der Waals surface area contributed by atoms with Crippen molar-refractivity contribution in [1.29, 1.82) is 0 Å². The predicted octanol–water partition coefficient (Wildman–Crippen LogP) is 2.60. The van der Waals surface area contributed by atoms with Crippen molar-refractivity contribution in [3.63, 3.8) is 0 Å². The van der Waals surface area contributed by atoms with Crippen LogP contribution >= 0.6 is 11.8 Å². The summed E-state index contributed by atoms with van der Waals surface area (Å²) in [7, 11) is 0. The normalized spacial score (nSPS) is 11.3. The SMILES string of the molecule is CCCSc1nnc(CNC(=O)OC(C)(C)C)o1. The van der Waals surface area contributed by atoms with Crippen LogP contribution in [0, 0.1) is 0 Å². The summed E-state index contributed by atoms with van der Waals surface area (Å²) in [6.45, 7) is 7.67. The smallest absolute Gasteiger partial charge is 0.408 e. The number of amides is 1. The van der Waals surface area contributed by atoms with Crippen molar-refractivity contribution < 1.29 is 13.9 Å². The second-order valence-corrected chi connectivity index (χ2v) is 5.71. The fourth-order valence-corrected chi connectivity index (χ4v) is 1.65. The number of rotatable bonds is 5. The van der Waals surface area contributed by atoms with E-state index in [9.17, 15) is 4.79 Å². The molecule has 0 aliphatic heterocycles. The number of nitrogens with zero attached hydrogens (tertiary/aromatic N) is 2. The molecule has 18 heavy (non-hydrogen) atoms. The number of carbonyl (C=O) groups excluding carboxylic acids is 1. The first-order valence-corrected chi connectivity index (χ1v) is 6.81. The maximum atomic E-state index is 11.4. The van der Waals surface area contributed by atoms with E-state index in [2.05, 4.69) is 22.4 Å². The van der Waals surface area contributed by atoms with Crippen LogP contribution in [-0.4, -0.2) is 27.6 Å². The van der Waals surface area contributed by atoms with E-state index in [0.29, 0.717) is 11.1 Å². The third-order valence-electron chi connectivity index (χ3n) is 1.66. The number of carbonyl (C=O) groups is 1. The van der Waals surface area contributed by atoms with Gasteiger partial charge in [-0.15, -0.1) is 10.2 Å². The van der Waals surface area contributed by atoms with Gasteiger partial charge in [-0.3, -0.25) is 0 Å². The molecule has 1 heterocycles. The lowest BCUT2D eigenvalue weighted by Gasteiger charge is -2.19. The fourth-order valence-electron chi connectivity index (χ4n) is 1.02. The molecule has 102 valence electrons. The van der Waals surface area contributed by atoms with E-state index >= 15 is 0 Å². The highest BCUT2D eigenvalue weighted by Crippen LogP contribution is 2.16. The Bertz CT molecular complexity index is 387. The second kappa shape index (κ2) is 6.63. The second-order valence-electron chi connectivity index (χ2n) is 4.67. The topological polar surface area (TPSA) is 77.2 Å². The third kappa shape index (κ3) is 5.90. The zero-order valence-corrected chi connectivity index (χ0v) is 12.0. The maximum Gasteiger partial charge on any atom is 0.408 e. The molecule has 0 radical (unpaired) electrons. The Labute approximate surface area is 111 Å². The molecule has 6 nitrogen and oxygen atoms in total. The summed E-state index contributed by atoms with van der Waals surface area (Å²) in [4.78, 5) is 11.4. The molecule has 1 aromatic rings. The molecule has 1 N–H and O–H groups in total. The Morgan fingerprint density at radius 2 is 2.17 bits per heavy atom. The van der Waals surface area contributed by atoms with E-state index in [1.165, 1.54) is 11.8 Å². The van der Waals surface area contributed by atoms with Crippen LogP contribution in [0.1, 0.15) is 40.0 Å². The Balaban J connectivity index is 2.35. The Morgan fingerprint density at radius 3 is 2.78 bits per heavy atom. The van der Waals surface area contributed by atoms with Crippen molar-refractivity contribution in [2.24, 2.45) is 0 Å². The van der Waals surface area contributed by atoms with Gasteiger partial charge in [-0.25, -0.2) is 4.79 Å². The zero-order valence-electron chi connectivity index (χ0n) is 11.1. The minimum absolute atomic E-state index is 0.175. The van der Waals surface area contributed by atoms with E-state index in [0.717, 1.165) is 12.2 Å². The van der Waals surface area contributed by atoms with Gasteiger partial charge < -0.3 is 14.5 Å². The van der Waals surface area contributed by atoms with Crippen molar-refractivity contribution >= 4 is 17.9 Å². The summed E-state index contributed by atoms with van der Waals surface area (Å²) in [6.07, 6.45) is 0.543. The van der Waals surface area contributed by atoms with Crippen LogP contribution in [0.2, 0.25) is 0 Å². The molecule has 0 spiro atoms. The largest absolute Gasteiger partial charge is 0.444 e. The summed E-state index contributed by atoms with van der Waals surface area (Å²) in [5.74, 6) is 1.31. The highest BCUT2D eigenvalue weighted by molar-refractivity contribution is 7.99. The summed E-state index contributed by atoms with van der Waals surface area (Å²) in [5, 5.41) is 10.8. The molecule has 1 rings (SSSR count). The van der Waals surface area contributed by atoms with Crippen LogP contribution in [0.25, 0.3) is 0 Å². The summed E-state index contributed by atoms with van der Waals surface area (Å²) in [5.41, 5.74) is -0.513. The van der Waals surface area contributed by atoms with Crippen molar-refractivity contribution in [3.8, 4) is 0 Å². The quantitative estimate of drug-likeness (QED) is 0.831. The molecule has 1 aromatic heterocycles. The van der Waals surface area contributed by atoms with Gasteiger partial charge in [-0.2, -0.15) is 0 Å². The number of thioether (sulfide) groups is 1. The van der Waals surface area contributed by atoms with Gasteiger partial charge in [0.25, 0.3) is 5.22 Å². The van der Waals surface area contributed by atoms with Gasteiger partial charge >= 0.3 is 6.09 Å². The molecule has 0 aliphatic carbocycles. The Hall–Kier alpha value is -1.24. The molecule has 0 aliphatic rings. The van der Waals surface area contributed by atoms with Crippen LogP contribution < -0.4 is 5.32 Å². The van der Waals surface area contributed by atoms with Crippen LogP contribution in [-0.2, 0) is 11.3 Å². The van der Waals surface area contributed by atoms with Crippen molar-refractivity contribution in [2.45, 2.75) is 51.5 Å². The van der Waals surface area contributed by atoms with Gasteiger partial charge in [0.2, 0.25) is 5.89 Å². The number of nitrogens with one attached hydrogen (secondary N) is 1. The van der Waals surface area contributed by atoms with E-state index in [1.54, 1.807) is 20.8 Å². The third-order valence-corrected chi connectivity index (χ3v) is 2.69. The maximum absolute atomic E-state index is 11.4. The zero-order chi connectivity index (χ0) is 13.6. The van der Waals surface area contributed by atoms with Crippen LogP contribution in [0.15, 0.2) is 9.64 Å². The monoisotopic (exact) mass is 273 g/mol. The highest BCUT2D eigenvalue weighted by Gasteiger charge is 2.16. The molecule has 0 saturated heterocycles. The van der Waals surface area contributed by atoms with E-state index < -0.39 is 11.7 Å². The first-order valence-electron chi connectivity index (χ1n) is 5.82. The fraction of sp³-hybridized carbons (Fsp3) is 0.727.